The first-order valence-corrected chi connectivity index (χ1v) is 14.0. The Morgan fingerprint density at radius 3 is 2.29 bits per heavy atom. The number of rotatable bonds is 7. The van der Waals surface area contributed by atoms with Crippen LogP contribution >= 0.6 is 0 Å². The monoisotopic (exact) mass is 575 g/mol. The van der Waals surface area contributed by atoms with Crippen LogP contribution in [-0.4, -0.2) is 76.1 Å². The molecule has 0 unspecified atom stereocenters. The Morgan fingerprint density at radius 2 is 1.64 bits per heavy atom. The van der Waals surface area contributed by atoms with Crippen molar-refractivity contribution in [1.82, 2.24) is 14.7 Å². The third-order valence-corrected chi connectivity index (χ3v) is 7.16. The molecule has 9 heteroatoms. The maximum absolute atomic E-state index is 14.9. The lowest BCUT2D eigenvalue weighted by molar-refractivity contribution is 0.000534. The molecule has 0 bridgehead atoms. The van der Waals surface area contributed by atoms with Gasteiger partial charge in [-0.25, -0.2) is 14.0 Å². The van der Waals surface area contributed by atoms with Crippen LogP contribution in [-0.2, 0) is 17.8 Å². The van der Waals surface area contributed by atoms with Gasteiger partial charge in [-0.2, -0.15) is 0 Å². The fourth-order valence-corrected chi connectivity index (χ4v) is 5.06. The van der Waals surface area contributed by atoms with Crippen LogP contribution in [0, 0.1) is 5.82 Å². The average Bonchev–Trinajstić information content (AvgIpc) is 2.93. The minimum Gasteiger partial charge on any atom is -0.478 e. The number of carbonyl (C=O) groups excluding carboxylic acids is 2. The van der Waals surface area contributed by atoms with Gasteiger partial charge in [0, 0.05) is 56.9 Å². The number of aromatic carboxylic acids is 1. The van der Waals surface area contributed by atoms with E-state index >= 15 is 0 Å². The molecule has 0 spiro atoms. The fraction of sp³-hybridized carbons (Fsp3) is 0.364. The average molecular weight is 576 g/mol. The number of ether oxygens (including phenoxy) is 1. The van der Waals surface area contributed by atoms with Gasteiger partial charge in [0.25, 0.3) is 5.91 Å². The molecule has 8 nitrogen and oxygen atoms in total. The van der Waals surface area contributed by atoms with Crippen LogP contribution in [0.3, 0.4) is 0 Å². The molecule has 0 aliphatic carbocycles. The van der Waals surface area contributed by atoms with Gasteiger partial charge in [0.05, 0.1) is 5.56 Å². The van der Waals surface area contributed by atoms with Gasteiger partial charge in [-0.3, -0.25) is 9.69 Å². The van der Waals surface area contributed by atoms with Crippen molar-refractivity contribution in [2.24, 2.45) is 0 Å². The summed E-state index contributed by atoms with van der Waals surface area (Å²) >= 11 is 0. The molecule has 1 aliphatic rings. The van der Waals surface area contributed by atoms with Crippen LogP contribution < -0.4 is 0 Å². The van der Waals surface area contributed by atoms with E-state index in [1.807, 2.05) is 52.0 Å². The highest BCUT2D eigenvalue weighted by Gasteiger charge is 2.30. The van der Waals surface area contributed by atoms with Gasteiger partial charge >= 0.3 is 12.1 Å². The number of amides is 2. The number of carboxylic acids is 1. The van der Waals surface area contributed by atoms with E-state index in [9.17, 15) is 23.9 Å². The van der Waals surface area contributed by atoms with E-state index in [1.54, 1.807) is 30.1 Å². The van der Waals surface area contributed by atoms with Crippen LogP contribution in [0.5, 0.6) is 0 Å². The highest BCUT2D eigenvalue weighted by atomic mass is 19.1. The lowest BCUT2D eigenvalue weighted by Crippen LogP contribution is -2.54. The molecule has 1 fully saturated rings. The number of nitrogens with zero attached hydrogens (tertiary/aromatic N) is 3. The summed E-state index contributed by atoms with van der Waals surface area (Å²) in [4.78, 5) is 42.2. The van der Waals surface area contributed by atoms with Crippen molar-refractivity contribution in [3.63, 3.8) is 0 Å². The van der Waals surface area contributed by atoms with Crippen LogP contribution in [0.4, 0.5) is 9.18 Å². The van der Waals surface area contributed by atoms with Crippen LogP contribution in [0.15, 0.2) is 66.7 Å². The van der Waals surface area contributed by atoms with Crippen LogP contribution in [0.25, 0.3) is 11.1 Å². The Kier molecular flexibility index (Phi) is 9.31. The largest absolute Gasteiger partial charge is 0.478 e. The van der Waals surface area contributed by atoms with Crippen LogP contribution in [0.1, 0.15) is 59.5 Å². The predicted molar refractivity (Wildman–Crippen MR) is 159 cm³/mol. The number of hydrogen-bond donors (Lipinski definition) is 1. The van der Waals surface area contributed by atoms with Gasteiger partial charge in [0.2, 0.25) is 0 Å². The second kappa shape index (κ2) is 12.7. The molecule has 1 aliphatic heterocycles. The van der Waals surface area contributed by atoms with Crippen molar-refractivity contribution < 1.29 is 28.6 Å². The number of benzene rings is 3. The van der Waals surface area contributed by atoms with E-state index in [0.717, 1.165) is 29.8 Å². The Balaban J connectivity index is 1.39. The summed E-state index contributed by atoms with van der Waals surface area (Å²) in [6.45, 7) is 10.6. The molecule has 0 saturated carbocycles. The molecule has 0 radical (unpaired) electrons. The Bertz CT molecular complexity index is 1450. The zero-order valence-corrected chi connectivity index (χ0v) is 24.8. The summed E-state index contributed by atoms with van der Waals surface area (Å²) in [6, 6.07) is 18.4. The van der Waals surface area contributed by atoms with Crippen molar-refractivity contribution in [3.05, 3.63) is 94.8 Å². The van der Waals surface area contributed by atoms with E-state index in [2.05, 4.69) is 4.90 Å². The second-order valence-corrected chi connectivity index (χ2v) is 11.8. The summed E-state index contributed by atoms with van der Waals surface area (Å²) in [6.07, 6.45) is -0.286. The van der Waals surface area contributed by atoms with Crippen molar-refractivity contribution in [1.29, 1.82) is 0 Å². The van der Waals surface area contributed by atoms with Gasteiger partial charge in [0.1, 0.15) is 11.4 Å². The number of hydrogen-bond acceptors (Lipinski definition) is 5. The molecule has 0 aromatic heterocycles. The SMILES string of the molecule is C[C@H]1CN(Cc2ccc(-c3cc(CN(C)C(=O)c4cccc(C(=O)O)c4)ccc3F)cc2)CCN1C(=O)OC(C)(C)C. The number of halogens is 1. The molecule has 3 aromatic carbocycles. The summed E-state index contributed by atoms with van der Waals surface area (Å²) in [5.41, 5.74) is 2.78. The molecule has 222 valence electrons. The van der Waals surface area contributed by atoms with Crippen molar-refractivity contribution >= 4 is 18.0 Å². The summed E-state index contributed by atoms with van der Waals surface area (Å²) < 4.78 is 20.4. The Morgan fingerprint density at radius 1 is 0.976 bits per heavy atom. The third-order valence-electron chi connectivity index (χ3n) is 7.16. The van der Waals surface area contributed by atoms with Crippen molar-refractivity contribution in [2.75, 3.05) is 26.7 Å². The van der Waals surface area contributed by atoms with Crippen molar-refractivity contribution in [2.45, 2.75) is 52.4 Å². The van der Waals surface area contributed by atoms with E-state index in [0.29, 0.717) is 18.7 Å². The van der Waals surface area contributed by atoms with E-state index < -0.39 is 11.6 Å². The maximum atomic E-state index is 14.9. The van der Waals surface area contributed by atoms with Gasteiger partial charge in [0.15, 0.2) is 0 Å². The molecule has 42 heavy (non-hydrogen) atoms. The zero-order valence-electron chi connectivity index (χ0n) is 24.8. The van der Waals surface area contributed by atoms with Crippen molar-refractivity contribution in [3.8, 4) is 11.1 Å². The number of carbonyl (C=O) groups is 3. The minimum atomic E-state index is -1.10. The normalized spacial score (nSPS) is 15.8. The lowest BCUT2D eigenvalue weighted by Gasteiger charge is -2.40. The zero-order chi connectivity index (χ0) is 30.6. The van der Waals surface area contributed by atoms with Gasteiger partial charge < -0.3 is 19.6 Å². The lowest BCUT2D eigenvalue weighted by atomic mass is 10.0. The fourth-order valence-electron chi connectivity index (χ4n) is 5.06. The Hall–Kier alpha value is -4.24. The molecular weight excluding hydrogens is 537 g/mol. The van der Waals surface area contributed by atoms with Gasteiger partial charge in [-0.1, -0.05) is 36.4 Å². The van der Waals surface area contributed by atoms with E-state index in [4.69, 9.17) is 4.74 Å². The van der Waals surface area contributed by atoms with Gasteiger partial charge in [-0.15, -0.1) is 0 Å². The number of carboxylic acid groups (broad SMARTS) is 1. The van der Waals surface area contributed by atoms with Crippen LogP contribution in [0.2, 0.25) is 0 Å². The molecule has 3 aromatic rings. The third kappa shape index (κ3) is 7.73. The number of piperazine rings is 1. The first kappa shape index (κ1) is 30.7. The quantitative estimate of drug-likeness (QED) is 0.377. The van der Waals surface area contributed by atoms with Gasteiger partial charge in [-0.05, 0) is 74.7 Å². The smallest absolute Gasteiger partial charge is 0.410 e. The first-order chi connectivity index (χ1) is 19.8. The molecular formula is C33H38FN3O5. The van der Waals surface area contributed by atoms with E-state index in [1.165, 1.54) is 29.2 Å². The molecule has 1 N–H and O–H groups in total. The molecule has 1 heterocycles. The van der Waals surface area contributed by atoms with E-state index in [-0.39, 0.29) is 41.5 Å². The predicted octanol–water partition coefficient (Wildman–Crippen LogP) is 5.90. The Labute approximate surface area is 246 Å². The summed E-state index contributed by atoms with van der Waals surface area (Å²) in [7, 11) is 1.63. The molecule has 2 amide bonds. The minimum absolute atomic E-state index is 0.0239. The standard InChI is InChI=1S/C33H38FN3O5/c1-22-19-36(15-16-37(22)32(41)42-33(2,3)4)21-23-9-12-25(13-10-23)28-17-24(11-14-29(28)34)20-35(5)30(38)26-7-6-8-27(18-26)31(39)40/h6-14,17-18,22H,15-16,19-21H2,1-5H3,(H,39,40)/t22-/m0/s1. The first-order valence-electron chi connectivity index (χ1n) is 14.0. The molecule has 1 atom stereocenters. The molecule has 4 rings (SSSR count). The highest BCUT2D eigenvalue weighted by Crippen LogP contribution is 2.26. The maximum Gasteiger partial charge on any atom is 0.410 e. The topological polar surface area (TPSA) is 90.4 Å². The summed E-state index contributed by atoms with van der Waals surface area (Å²) in [5.74, 6) is -1.78. The second-order valence-electron chi connectivity index (χ2n) is 11.8. The summed E-state index contributed by atoms with van der Waals surface area (Å²) in [5, 5.41) is 9.22. The molecule has 1 saturated heterocycles. The highest BCUT2D eigenvalue weighted by molar-refractivity contribution is 5.97.